The molecule has 0 radical (unpaired) electrons. The van der Waals surface area contributed by atoms with Gasteiger partial charge in [-0.2, -0.15) is 24.9 Å². The summed E-state index contributed by atoms with van der Waals surface area (Å²) in [6.07, 6.45) is -3.23. The van der Waals surface area contributed by atoms with E-state index in [0.717, 1.165) is 0 Å². The highest BCUT2D eigenvalue weighted by Gasteiger charge is 2.43. The molecule has 0 rings (SSSR count). The zero-order valence-electron chi connectivity index (χ0n) is 8.24. The molecule has 1 unspecified atom stereocenters. The van der Waals surface area contributed by atoms with E-state index in [-0.39, 0.29) is 6.42 Å². The third-order valence-electron chi connectivity index (χ3n) is 1.37. The number of hydrogen-bond donors (Lipinski definition) is 1. The van der Waals surface area contributed by atoms with E-state index in [2.05, 4.69) is 9.78 Å². The fraction of sp³-hybridized carbons (Fsp3) is 0.714. The summed E-state index contributed by atoms with van der Waals surface area (Å²) in [5, 5.41) is 0. The predicted octanol–water partition coefficient (Wildman–Crippen LogP) is 0.630. The molecule has 16 heavy (non-hydrogen) atoms. The van der Waals surface area contributed by atoms with E-state index in [0.29, 0.717) is 5.75 Å². The van der Waals surface area contributed by atoms with Crippen LogP contribution in [-0.4, -0.2) is 36.2 Å². The quantitative estimate of drug-likeness (QED) is 0.590. The van der Waals surface area contributed by atoms with Gasteiger partial charge in [-0.15, -0.1) is 0 Å². The van der Waals surface area contributed by atoms with E-state index >= 15 is 0 Å². The molecule has 0 heterocycles. The highest BCUT2D eigenvalue weighted by Crippen LogP contribution is 2.16. The fourth-order valence-corrected chi connectivity index (χ4v) is 1.04. The van der Waals surface area contributed by atoms with Crippen molar-refractivity contribution in [2.75, 3.05) is 12.0 Å². The van der Waals surface area contributed by atoms with Crippen LogP contribution in [0.1, 0.15) is 6.42 Å². The molecule has 0 aliphatic heterocycles. The summed E-state index contributed by atoms with van der Waals surface area (Å²) in [6, 6.07) is -1.12. The highest BCUT2D eigenvalue weighted by molar-refractivity contribution is 7.98. The maximum absolute atomic E-state index is 11.6. The van der Waals surface area contributed by atoms with Gasteiger partial charge in [-0.05, 0) is 18.4 Å². The lowest BCUT2D eigenvalue weighted by molar-refractivity contribution is -0.286. The number of halogens is 3. The van der Waals surface area contributed by atoms with Crippen molar-refractivity contribution >= 4 is 23.7 Å². The molecule has 0 aliphatic rings. The normalized spacial score (nSPS) is 13.1. The molecule has 94 valence electrons. The highest BCUT2D eigenvalue weighted by atomic mass is 32.2. The predicted molar refractivity (Wildman–Crippen MR) is 49.2 cm³/mol. The van der Waals surface area contributed by atoms with Crippen LogP contribution >= 0.6 is 11.8 Å². The van der Waals surface area contributed by atoms with Gasteiger partial charge >= 0.3 is 18.1 Å². The van der Waals surface area contributed by atoms with Crippen LogP contribution in [0.5, 0.6) is 0 Å². The number of nitrogens with two attached hydrogens (primary N) is 1. The van der Waals surface area contributed by atoms with E-state index in [9.17, 15) is 22.8 Å². The average molecular weight is 261 g/mol. The van der Waals surface area contributed by atoms with Crippen molar-refractivity contribution in [1.82, 2.24) is 0 Å². The van der Waals surface area contributed by atoms with Crippen molar-refractivity contribution in [3.05, 3.63) is 0 Å². The van der Waals surface area contributed by atoms with Gasteiger partial charge in [0.05, 0.1) is 0 Å². The number of hydrogen-bond acceptors (Lipinski definition) is 6. The molecule has 0 aromatic rings. The second-order valence-corrected chi connectivity index (χ2v) is 3.64. The smallest absolute Gasteiger partial charge is 0.318 e. The van der Waals surface area contributed by atoms with Gasteiger partial charge in [0.2, 0.25) is 0 Å². The van der Waals surface area contributed by atoms with Crippen LogP contribution in [0.2, 0.25) is 0 Å². The van der Waals surface area contributed by atoms with Gasteiger partial charge in [0.25, 0.3) is 0 Å². The zero-order valence-corrected chi connectivity index (χ0v) is 9.06. The SMILES string of the molecule is CSCCC(N)C(=O)OOC(=O)C(F)(F)F. The van der Waals surface area contributed by atoms with E-state index in [1.807, 2.05) is 0 Å². The maximum Gasteiger partial charge on any atom is 0.495 e. The van der Waals surface area contributed by atoms with Crippen molar-refractivity contribution in [3.63, 3.8) is 0 Å². The van der Waals surface area contributed by atoms with Crippen LogP contribution in [0, 0.1) is 0 Å². The summed E-state index contributed by atoms with van der Waals surface area (Å²) < 4.78 is 34.8. The average Bonchev–Trinajstić information content (AvgIpc) is 2.20. The number of carbonyl (C=O) groups excluding carboxylic acids is 2. The van der Waals surface area contributed by atoms with E-state index in [1.165, 1.54) is 11.8 Å². The molecule has 0 aromatic carbocycles. The molecule has 0 saturated carbocycles. The number of alkyl halides is 3. The molecular weight excluding hydrogens is 251 g/mol. The summed E-state index contributed by atoms with van der Waals surface area (Å²) in [6.45, 7) is 0. The Kier molecular flexibility index (Phi) is 6.19. The number of carbonyl (C=O) groups is 2. The monoisotopic (exact) mass is 261 g/mol. The van der Waals surface area contributed by atoms with Gasteiger partial charge in [-0.3, -0.25) is 0 Å². The van der Waals surface area contributed by atoms with Gasteiger partial charge in [-0.25, -0.2) is 19.4 Å². The summed E-state index contributed by atoms with van der Waals surface area (Å²) >= 11 is 1.40. The molecule has 5 nitrogen and oxygen atoms in total. The third kappa shape index (κ3) is 5.81. The first-order valence-corrected chi connectivity index (χ1v) is 5.42. The minimum atomic E-state index is -5.20. The van der Waals surface area contributed by atoms with Gasteiger partial charge in [-0.1, -0.05) is 0 Å². The Morgan fingerprint density at radius 1 is 1.38 bits per heavy atom. The Morgan fingerprint density at radius 2 is 1.94 bits per heavy atom. The molecule has 0 fully saturated rings. The van der Waals surface area contributed by atoms with Gasteiger partial charge in [0.15, 0.2) is 0 Å². The van der Waals surface area contributed by atoms with Crippen LogP contribution in [0.3, 0.4) is 0 Å². The molecule has 0 saturated heterocycles. The van der Waals surface area contributed by atoms with E-state index in [4.69, 9.17) is 5.73 Å². The maximum atomic E-state index is 11.6. The largest absolute Gasteiger partial charge is 0.495 e. The van der Waals surface area contributed by atoms with Crippen LogP contribution in [-0.2, 0) is 19.4 Å². The van der Waals surface area contributed by atoms with Gasteiger partial charge < -0.3 is 5.73 Å². The first-order chi connectivity index (χ1) is 7.29. The van der Waals surface area contributed by atoms with Crippen LogP contribution in [0.4, 0.5) is 13.2 Å². The molecule has 0 aromatic heterocycles. The lowest BCUT2D eigenvalue weighted by Gasteiger charge is -2.09. The summed E-state index contributed by atoms with van der Waals surface area (Å²) in [7, 11) is 0. The molecule has 2 N–H and O–H groups in total. The second-order valence-electron chi connectivity index (χ2n) is 2.66. The van der Waals surface area contributed by atoms with Crippen LogP contribution in [0.25, 0.3) is 0 Å². The van der Waals surface area contributed by atoms with Crippen molar-refractivity contribution in [3.8, 4) is 0 Å². The van der Waals surface area contributed by atoms with E-state index < -0.39 is 24.2 Å². The summed E-state index contributed by atoms with van der Waals surface area (Å²) in [5.74, 6) is -3.28. The lowest BCUT2D eigenvalue weighted by Crippen LogP contribution is -2.35. The Morgan fingerprint density at radius 3 is 2.38 bits per heavy atom. The standard InChI is InChI=1S/C7H10F3NO4S/c1-16-3-2-4(11)5(12)14-15-6(13)7(8,9)10/h4H,2-3,11H2,1H3. The molecule has 0 amide bonds. The first-order valence-electron chi connectivity index (χ1n) is 4.03. The Labute approximate surface area is 93.4 Å². The molecule has 1 atom stereocenters. The summed E-state index contributed by atoms with van der Waals surface area (Å²) in [4.78, 5) is 27.9. The van der Waals surface area contributed by atoms with Crippen LogP contribution in [0.15, 0.2) is 0 Å². The van der Waals surface area contributed by atoms with Gasteiger partial charge in [0, 0.05) is 0 Å². The first kappa shape index (κ1) is 15.0. The third-order valence-corrected chi connectivity index (χ3v) is 2.01. The number of thioether (sulfide) groups is 1. The Bertz CT molecular complexity index is 259. The van der Waals surface area contributed by atoms with Crippen molar-refractivity contribution < 1.29 is 32.5 Å². The minimum Gasteiger partial charge on any atom is -0.318 e. The van der Waals surface area contributed by atoms with Crippen molar-refractivity contribution in [2.45, 2.75) is 18.6 Å². The Balaban J connectivity index is 3.94. The molecule has 9 heteroatoms. The zero-order chi connectivity index (χ0) is 12.8. The molecular formula is C7H10F3NO4S. The fourth-order valence-electron chi connectivity index (χ4n) is 0.551. The van der Waals surface area contributed by atoms with Crippen LogP contribution < -0.4 is 5.73 Å². The Hall–Kier alpha value is -0.960. The lowest BCUT2D eigenvalue weighted by atomic mass is 10.2. The second kappa shape index (κ2) is 6.59. The van der Waals surface area contributed by atoms with E-state index in [1.54, 1.807) is 6.26 Å². The minimum absolute atomic E-state index is 0.212. The molecule has 0 spiro atoms. The van der Waals surface area contributed by atoms with Crippen molar-refractivity contribution in [2.24, 2.45) is 5.73 Å². The van der Waals surface area contributed by atoms with Crippen molar-refractivity contribution in [1.29, 1.82) is 0 Å². The number of rotatable bonds is 4. The molecule has 0 bridgehead atoms. The topological polar surface area (TPSA) is 78.6 Å². The summed E-state index contributed by atoms with van der Waals surface area (Å²) in [5.41, 5.74) is 5.24. The molecule has 0 aliphatic carbocycles. The van der Waals surface area contributed by atoms with Gasteiger partial charge in [0.1, 0.15) is 6.04 Å².